The van der Waals surface area contributed by atoms with Crippen LogP contribution in [0.25, 0.3) is 0 Å². The summed E-state index contributed by atoms with van der Waals surface area (Å²) in [6.45, 7) is 11.4. The van der Waals surface area contributed by atoms with Gasteiger partial charge in [0, 0.05) is 12.1 Å². The Morgan fingerprint density at radius 2 is 2.06 bits per heavy atom. The summed E-state index contributed by atoms with van der Waals surface area (Å²) in [5, 5.41) is 6.31. The van der Waals surface area contributed by atoms with Crippen LogP contribution in [0.5, 0.6) is 0 Å². The minimum atomic E-state index is 0.108. The fourth-order valence-electron chi connectivity index (χ4n) is 2.85. The Morgan fingerprint density at radius 1 is 1.41 bits per heavy atom. The number of hydrogen-bond acceptors (Lipinski definition) is 2. The molecule has 17 heavy (non-hydrogen) atoms. The quantitative estimate of drug-likeness (QED) is 0.792. The first kappa shape index (κ1) is 14.5. The monoisotopic (exact) mass is 240 g/mol. The van der Waals surface area contributed by atoms with Crippen molar-refractivity contribution in [3.8, 4) is 0 Å². The smallest absolute Gasteiger partial charge is 0.234 e. The minimum absolute atomic E-state index is 0.108. The molecule has 0 radical (unpaired) electrons. The van der Waals surface area contributed by atoms with Gasteiger partial charge in [0.05, 0.1) is 6.54 Å². The van der Waals surface area contributed by atoms with Gasteiger partial charge in [0.25, 0.3) is 0 Å². The van der Waals surface area contributed by atoms with Crippen LogP contribution in [0.1, 0.15) is 53.9 Å². The van der Waals surface area contributed by atoms with E-state index in [-0.39, 0.29) is 11.9 Å². The van der Waals surface area contributed by atoms with Crippen molar-refractivity contribution >= 4 is 5.91 Å². The van der Waals surface area contributed by atoms with Crippen molar-refractivity contribution in [1.82, 2.24) is 10.6 Å². The number of rotatable bonds is 4. The Bertz CT molecular complexity index is 261. The van der Waals surface area contributed by atoms with Crippen molar-refractivity contribution in [3.05, 3.63) is 0 Å². The molecule has 1 rings (SSSR count). The molecule has 2 atom stereocenters. The Kier molecular flexibility index (Phi) is 4.99. The highest BCUT2D eigenvalue weighted by Crippen LogP contribution is 2.38. The molecule has 1 saturated carbocycles. The van der Waals surface area contributed by atoms with Gasteiger partial charge in [0.15, 0.2) is 0 Å². The van der Waals surface area contributed by atoms with Gasteiger partial charge in [-0.2, -0.15) is 0 Å². The van der Waals surface area contributed by atoms with Crippen LogP contribution in [0, 0.1) is 11.3 Å². The summed E-state index contributed by atoms with van der Waals surface area (Å²) >= 11 is 0. The summed E-state index contributed by atoms with van der Waals surface area (Å²) in [7, 11) is 0. The summed E-state index contributed by atoms with van der Waals surface area (Å²) in [6, 6.07) is 0.730. The van der Waals surface area contributed by atoms with Crippen molar-refractivity contribution in [3.63, 3.8) is 0 Å². The predicted molar refractivity (Wildman–Crippen MR) is 71.9 cm³/mol. The van der Waals surface area contributed by atoms with Gasteiger partial charge in [0.1, 0.15) is 0 Å². The number of nitrogens with one attached hydrogen (secondary N) is 2. The molecule has 0 aromatic rings. The van der Waals surface area contributed by atoms with E-state index in [0.29, 0.717) is 23.9 Å². The molecule has 0 bridgehead atoms. The van der Waals surface area contributed by atoms with Crippen LogP contribution in [0.15, 0.2) is 0 Å². The maximum Gasteiger partial charge on any atom is 0.234 e. The zero-order chi connectivity index (χ0) is 13.1. The second kappa shape index (κ2) is 5.85. The van der Waals surface area contributed by atoms with E-state index in [9.17, 15) is 4.79 Å². The highest BCUT2D eigenvalue weighted by Gasteiger charge is 2.32. The van der Waals surface area contributed by atoms with Gasteiger partial charge in [-0.05, 0) is 44.4 Å². The average Bonchev–Trinajstić information content (AvgIpc) is 2.13. The molecule has 0 aromatic heterocycles. The molecule has 2 unspecified atom stereocenters. The number of amides is 1. The van der Waals surface area contributed by atoms with E-state index in [2.05, 4.69) is 31.4 Å². The van der Waals surface area contributed by atoms with Crippen LogP contribution >= 0.6 is 0 Å². The van der Waals surface area contributed by atoms with Gasteiger partial charge in [-0.1, -0.05) is 20.8 Å². The van der Waals surface area contributed by atoms with E-state index in [1.54, 1.807) is 0 Å². The lowest BCUT2D eigenvalue weighted by Crippen LogP contribution is -2.46. The first-order valence-electron chi connectivity index (χ1n) is 6.83. The van der Waals surface area contributed by atoms with Crippen molar-refractivity contribution in [2.24, 2.45) is 11.3 Å². The molecule has 0 aliphatic heterocycles. The zero-order valence-corrected chi connectivity index (χ0v) is 12.0. The van der Waals surface area contributed by atoms with E-state index >= 15 is 0 Å². The lowest BCUT2D eigenvalue weighted by molar-refractivity contribution is -0.121. The van der Waals surface area contributed by atoms with Crippen LogP contribution in [0.4, 0.5) is 0 Å². The van der Waals surface area contributed by atoms with Crippen LogP contribution in [0.2, 0.25) is 0 Å². The molecule has 0 aromatic carbocycles. The third-order valence-electron chi connectivity index (χ3n) is 3.67. The molecule has 2 N–H and O–H groups in total. The Balaban J connectivity index is 2.31. The second-order valence-corrected chi connectivity index (χ2v) is 6.59. The van der Waals surface area contributed by atoms with Crippen molar-refractivity contribution in [2.75, 3.05) is 6.54 Å². The third-order valence-corrected chi connectivity index (χ3v) is 3.67. The molecule has 3 heteroatoms. The van der Waals surface area contributed by atoms with Gasteiger partial charge >= 0.3 is 0 Å². The standard InChI is InChI=1S/C14H28N2O/c1-10(2)16-13(17)9-15-12-6-7-14(4,5)8-11(12)3/h10-12,15H,6-9H2,1-5H3,(H,16,17). The number of carbonyl (C=O) groups is 1. The Morgan fingerprint density at radius 3 is 2.59 bits per heavy atom. The zero-order valence-electron chi connectivity index (χ0n) is 12.0. The second-order valence-electron chi connectivity index (χ2n) is 6.59. The van der Waals surface area contributed by atoms with Crippen molar-refractivity contribution < 1.29 is 4.79 Å². The van der Waals surface area contributed by atoms with Crippen LogP contribution in [-0.2, 0) is 4.79 Å². The van der Waals surface area contributed by atoms with Crippen LogP contribution in [0.3, 0.4) is 0 Å². The van der Waals surface area contributed by atoms with Crippen LogP contribution in [-0.4, -0.2) is 24.5 Å². The van der Waals surface area contributed by atoms with Gasteiger partial charge in [0.2, 0.25) is 5.91 Å². The summed E-state index contributed by atoms with van der Waals surface area (Å²) < 4.78 is 0. The van der Waals surface area contributed by atoms with Gasteiger partial charge in [-0.25, -0.2) is 0 Å². The van der Waals surface area contributed by atoms with E-state index < -0.39 is 0 Å². The fourth-order valence-corrected chi connectivity index (χ4v) is 2.85. The summed E-state index contributed by atoms with van der Waals surface area (Å²) in [6.07, 6.45) is 3.68. The van der Waals surface area contributed by atoms with E-state index in [1.807, 2.05) is 13.8 Å². The highest BCUT2D eigenvalue weighted by molar-refractivity contribution is 5.78. The van der Waals surface area contributed by atoms with Crippen LogP contribution < -0.4 is 10.6 Å². The molecule has 0 heterocycles. The SMILES string of the molecule is CC(C)NC(=O)CNC1CCC(C)(C)CC1C. The first-order valence-corrected chi connectivity index (χ1v) is 6.83. The van der Waals surface area contributed by atoms with Crippen molar-refractivity contribution in [1.29, 1.82) is 0 Å². The lowest BCUT2D eigenvalue weighted by Gasteiger charge is -2.39. The Hall–Kier alpha value is -0.570. The molecular weight excluding hydrogens is 212 g/mol. The maximum absolute atomic E-state index is 11.6. The molecule has 3 nitrogen and oxygen atoms in total. The third kappa shape index (κ3) is 5.07. The van der Waals surface area contributed by atoms with Gasteiger partial charge in [-0.15, -0.1) is 0 Å². The van der Waals surface area contributed by atoms with Gasteiger partial charge in [-0.3, -0.25) is 4.79 Å². The minimum Gasteiger partial charge on any atom is -0.353 e. The molecule has 0 saturated heterocycles. The van der Waals surface area contributed by atoms with E-state index in [1.165, 1.54) is 19.3 Å². The maximum atomic E-state index is 11.6. The van der Waals surface area contributed by atoms with E-state index in [0.717, 1.165) is 0 Å². The number of hydrogen-bond donors (Lipinski definition) is 2. The largest absolute Gasteiger partial charge is 0.353 e. The summed E-state index contributed by atoms with van der Waals surface area (Å²) in [5.41, 5.74) is 0.470. The summed E-state index contributed by atoms with van der Waals surface area (Å²) in [5.74, 6) is 0.766. The predicted octanol–water partition coefficient (Wildman–Crippen LogP) is 2.32. The topological polar surface area (TPSA) is 41.1 Å². The Labute approximate surface area is 106 Å². The normalized spacial score (nSPS) is 28.1. The molecule has 1 aliphatic rings. The number of carbonyl (C=O) groups excluding carboxylic acids is 1. The van der Waals surface area contributed by atoms with Gasteiger partial charge < -0.3 is 10.6 Å². The first-order chi connectivity index (χ1) is 7.80. The highest BCUT2D eigenvalue weighted by atomic mass is 16.1. The average molecular weight is 240 g/mol. The molecule has 0 spiro atoms. The van der Waals surface area contributed by atoms with Crippen molar-refractivity contribution in [2.45, 2.75) is 66.0 Å². The molecule has 1 fully saturated rings. The van der Waals surface area contributed by atoms with E-state index in [4.69, 9.17) is 0 Å². The molecule has 1 amide bonds. The molecule has 100 valence electrons. The molecular formula is C14H28N2O. The fraction of sp³-hybridized carbons (Fsp3) is 0.929. The summed E-state index contributed by atoms with van der Waals surface area (Å²) in [4.78, 5) is 11.6. The lowest BCUT2D eigenvalue weighted by atomic mass is 9.70. The molecule has 1 aliphatic carbocycles.